The number of benzene rings is 2. The maximum atomic E-state index is 13.5. The predicted molar refractivity (Wildman–Crippen MR) is 104 cm³/mol. The first-order chi connectivity index (χ1) is 13.2. The number of H-pyrrole nitrogens is 1. The van der Waals surface area contributed by atoms with Crippen LogP contribution in [0.2, 0.25) is 0 Å². The van der Waals surface area contributed by atoms with Crippen molar-refractivity contribution in [3.05, 3.63) is 66.6 Å². The van der Waals surface area contributed by atoms with Gasteiger partial charge in [-0.25, -0.2) is 9.37 Å². The van der Waals surface area contributed by atoms with Gasteiger partial charge >= 0.3 is 0 Å². The van der Waals surface area contributed by atoms with Crippen molar-refractivity contribution in [3.8, 4) is 22.8 Å². The molecule has 2 heterocycles. The van der Waals surface area contributed by atoms with Crippen LogP contribution in [0.15, 0.2) is 60.8 Å². The average Bonchev–Trinajstić information content (AvgIpc) is 3.11. The van der Waals surface area contributed by atoms with Gasteiger partial charge in [0.15, 0.2) is 11.5 Å². The van der Waals surface area contributed by atoms with Crippen LogP contribution in [0, 0.1) is 5.82 Å². The number of fused-ring (bicyclic) bond motifs is 1. The topological polar surface area (TPSA) is 59.2 Å². The molecule has 5 nitrogen and oxygen atoms in total. The van der Waals surface area contributed by atoms with E-state index < -0.39 is 0 Å². The van der Waals surface area contributed by atoms with Gasteiger partial charge in [0.1, 0.15) is 11.6 Å². The molecular weight excluding hydrogens is 345 g/mol. The Morgan fingerprint density at radius 3 is 2.59 bits per heavy atom. The normalized spacial score (nSPS) is 10.8. The first-order valence-electron chi connectivity index (χ1n) is 8.40. The van der Waals surface area contributed by atoms with Crippen molar-refractivity contribution < 1.29 is 13.9 Å². The molecule has 0 aliphatic carbocycles. The zero-order chi connectivity index (χ0) is 18.8. The highest BCUT2D eigenvalue weighted by atomic mass is 19.1. The quantitative estimate of drug-likeness (QED) is 0.516. The van der Waals surface area contributed by atoms with Crippen molar-refractivity contribution in [1.29, 1.82) is 0 Å². The highest BCUT2D eigenvalue weighted by Crippen LogP contribution is 2.31. The molecule has 6 heteroatoms. The number of aromatic amines is 1. The minimum atomic E-state index is -0.264. The maximum absolute atomic E-state index is 13.5. The predicted octanol–water partition coefficient (Wildman–Crippen LogP) is 5.13. The molecule has 0 amide bonds. The second-order valence-corrected chi connectivity index (χ2v) is 6.04. The highest BCUT2D eigenvalue weighted by molar-refractivity contribution is 5.87. The van der Waals surface area contributed by atoms with E-state index in [1.54, 1.807) is 26.5 Å². The third kappa shape index (κ3) is 3.42. The molecule has 27 heavy (non-hydrogen) atoms. The van der Waals surface area contributed by atoms with E-state index in [9.17, 15) is 4.39 Å². The van der Waals surface area contributed by atoms with Crippen LogP contribution in [0.5, 0.6) is 11.5 Å². The first kappa shape index (κ1) is 16.9. The molecule has 2 N–H and O–H groups in total. The molecule has 0 bridgehead atoms. The second kappa shape index (κ2) is 6.99. The van der Waals surface area contributed by atoms with Crippen LogP contribution in [0.4, 0.5) is 15.9 Å². The Hall–Kier alpha value is -3.54. The Balaban J connectivity index is 1.64. The summed E-state index contributed by atoms with van der Waals surface area (Å²) in [6, 6.07) is 15.9. The van der Waals surface area contributed by atoms with Crippen molar-refractivity contribution in [3.63, 3.8) is 0 Å². The van der Waals surface area contributed by atoms with Crippen LogP contribution < -0.4 is 14.8 Å². The average molecular weight is 363 g/mol. The third-order valence-corrected chi connectivity index (χ3v) is 4.30. The monoisotopic (exact) mass is 363 g/mol. The van der Waals surface area contributed by atoms with Gasteiger partial charge < -0.3 is 19.8 Å². The van der Waals surface area contributed by atoms with Crippen molar-refractivity contribution >= 4 is 22.4 Å². The van der Waals surface area contributed by atoms with Crippen molar-refractivity contribution in [2.75, 3.05) is 19.5 Å². The summed E-state index contributed by atoms with van der Waals surface area (Å²) < 4.78 is 24.1. The standard InChI is InChI=1S/C21H18FN3O2/c1-26-19-7-6-16(10-20(19)27-2)24-21-11-18-14(12-23-21)9-17(25-18)13-4-3-5-15(22)8-13/h3-12,25H,1-2H3,(H,23,24). The molecule has 0 saturated carbocycles. The molecule has 0 unspecified atom stereocenters. The molecule has 4 rings (SSSR count). The molecule has 0 fully saturated rings. The molecular formula is C21H18FN3O2. The maximum Gasteiger partial charge on any atom is 0.162 e. The van der Waals surface area contributed by atoms with E-state index in [4.69, 9.17) is 9.47 Å². The molecule has 0 radical (unpaired) electrons. The van der Waals surface area contributed by atoms with E-state index in [0.29, 0.717) is 17.3 Å². The largest absolute Gasteiger partial charge is 0.493 e. The van der Waals surface area contributed by atoms with Gasteiger partial charge in [-0.05, 0) is 30.3 Å². The Kier molecular flexibility index (Phi) is 4.38. The number of rotatable bonds is 5. The van der Waals surface area contributed by atoms with Gasteiger partial charge in [0, 0.05) is 40.7 Å². The number of halogens is 1. The molecule has 0 spiro atoms. The molecule has 0 aliphatic rings. The smallest absolute Gasteiger partial charge is 0.162 e. The van der Waals surface area contributed by atoms with Crippen LogP contribution in [0.1, 0.15) is 0 Å². The van der Waals surface area contributed by atoms with E-state index >= 15 is 0 Å². The van der Waals surface area contributed by atoms with Crippen LogP contribution in [0.25, 0.3) is 22.2 Å². The molecule has 0 atom stereocenters. The van der Waals surface area contributed by atoms with Crippen LogP contribution in [-0.2, 0) is 0 Å². The number of hydrogen-bond acceptors (Lipinski definition) is 4. The van der Waals surface area contributed by atoms with Gasteiger partial charge in [-0.1, -0.05) is 12.1 Å². The Morgan fingerprint density at radius 1 is 0.963 bits per heavy atom. The van der Waals surface area contributed by atoms with E-state index in [1.165, 1.54) is 12.1 Å². The summed E-state index contributed by atoms with van der Waals surface area (Å²) >= 11 is 0. The number of methoxy groups -OCH3 is 2. The van der Waals surface area contributed by atoms with Gasteiger partial charge in [-0.15, -0.1) is 0 Å². The van der Waals surface area contributed by atoms with Crippen molar-refractivity contribution in [1.82, 2.24) is 9.97 Å². The van der Waals surface area contributed by atoms with Crippen LogP contribution >= 0.6 is 0 Å². The fraction of sp³-hybridized carbons (Fsp3) is 0.0952. The first-order valence-corrected chi connectivity index (χ1v) is 8.40. The SMILES string of the molecule is COc1ccc(Nc2cc3[nH]c(-c4cccc(F)c4)cc3cn2)cc1OC. The lowest BCUT2D eigenvalue weighted by Crippen LogP contribution is -1.95. The van der Waals surface area contributed by atoms with Crippen molar-refractivity contribution in [2.45, 2.75) is 0 Å². The Morgan fingerprint density at radius 2 is 1.81 bits per heavy atom. The highest BCUT2D eigenvalue weighted by Gasteiger charge is 2.08. The number of nitrogens with one attached hydrogen (secondary N) is 2. The second-order valence-electron chi connectivity index (χ2n) is 6.04. The lowest BCUT2D eigenvalue weighted by Gasteiger charge is -2.10. The fourth-order valence-corrected chi connectivity index (χ4v) is 2.97. The van der Waals surface area contributed by atoms with E-state index in [-0.39, 0.29) is 5.82 Å². The van der Waals surface area contributed by atoms with E-state index in [2.05, 4.69) is 15.3 Å². The number of hydrogen-bond donors (Lipinski definition) is 2. The summed E-state index contributed by atoms with van der Waals surface area (Å²) in [6.45, 7) is 0. The molecule has 2 aromatic heterocycles. The molecule has 136 valence electrons. The zero-order valence-electron chi connectivity index (χ0n) is 14.9. The van der Waals surface area contributed by atoms with Gasteiger partial charge in [0.05, 0.1) is 19.7 Å². The number of nitrogens with zero attached hydrogens (tertiary/aromatic N) is 1. The summed E-state index contributed by atoms with van der Waals surface area (Å²) in [7, 11) is 3.20. The summed E-state index contributed by atoms with van der Waals surface area (Å²) in [5.74, 6) is 1.72. The Labute approximate surface area is 155 Å². The van der Waals surface area contributed by atoms with Crippen molar-refractivity contribution in [2.24, 2.45) is 0 Å². The number of ether oxygens (including phenoxy) is 2. The number of aromatic nitrogens is 2. The summed E-state index contributed by atoms with van der Waals surface area (Å²) in [5, 5.41) is 4.20. The summed E-state index contributed by atoms with van der Waals surface area (Å²) in [4.78, 5) is 7.76. The Bertz CT molecular complexity index is 1110. The minimum absolute atomic E-state index is 0.264. The molecule has 2 aromatic carbocycles. The minimum Gasteiger partial charge on any atom is -0.493 e. The number of anilines is 2. The van der Waals surface area contributed by atoms with Crippen LogP contribution in [0.3, 0.4) is 0 Å². The summed E-state index contributed by atoms with van der Waals surface area (Å²) in [6.07, 6.45) is 1.78. The summed E-state index contributed by atoms with van der Waals surface area (Å²) in [5.41, 5.74) is 3.37. The van der Waals surface area contributed by atoms with Gasteiger partial charge in [0.25, 0.3) is 0 Å². The molecule has 0 saturated heterocycles. The fourth-order valence-electron chi connectivity index (χ4n) is 2.97. The lowest BCUT2D eigenvalue weighted by atomic mass is 10.1. The zero-order valence-corrected chi connectivity index (χ0v) is 14.9. The van der Waals surface area contributed by atoms with Crippen LogP contribution in [-0.4, -0.2) is 24.2 Å². The van der Waals surface area contributed by atoms with Gasteiger partial charge in [-0.2, -0.15) is 0 Å². The third-order valence-electron chi connectivity index (χ3n) is 4.30. The number of pyridine rings is 1. The molecule has 0 aliphatic heterocycles. The van der Waals surface area contributed by atoms with Gasteiger partial charge in [0.2, 0.25) is 0 Å². The van der Waals surface area contributed by atoms with Gasteiger partial charge in [-0.3, -0.25) is 0 Å². The van der Waals surface area contributed by atoms with E-state index in [0.717, 1.165) is 27.8 Å². The molecule has 4 aromatic rings. The lowest BCUT2D eigenvalue weighted by molar-refractivity contribution is 0.355. The van der Waals surface area contributed by atoms with E-state index in [1.807, 2.05) is 36.4 Å².